The van der Waals surface area contributed by atoms with Gasteiger partial charge in [0.2, 0.25) is 5.91 Å². The number of carbonyl (C=O) groups is 3. The van der Waals surface area contributed by atoms with Gasteiger partial charge in [-0.3, -0.25) is 19.3 Å². The number of rotatable bonds is 6. The molecule has 32 heavy (non-hydrogen) atoms. The van der Waals surface area contributed by atoms with Crippen molar-refractivity contribution in [2.24, 2.45) is 0 Å². The zero-order valence-corrected chi connectivity index (χ0v) is 20.2. The molecule has 1 aliphatic rings. The first kappa shape index (κ1) is 22.9. The number of imide groups is 1. The molecule has 0 unspecified atom stereocenters. The minimum Gasteiger partial charge on any atom is -0.325 e. The molecule has 2 heterocycles. The van der Waals surface area contributed by atoms with E-state index in [4.69, 9.17) is 23.2 Å². The number of carbonyl (C=O) groups excluding carboxylic acids is 3. The topological polar surface area (TPSA) is 66.5 Å². The summed E-state index contributed by atoms with van der Waals surface area (Å²) in [6.07, 6.45) is 1.68. The molecule has 0 atom stereocenters. The standard InChI is InChI=1S/C22H14Cl2N2O3S3/c23-13-1-5-15(6-2-13)25-19(27)12-26-21(28)18(32-22(26)29)11-17-9-10-20(31-17)30-16-7-3-14(24)4-8-16/h1-11H,12H2,(H,25,27)/b18-11-. The lowest BCUT2D eigenvalue weighted by Gasteiger charge is -2.12. The third kappa shape index (κ3) is 5.76. The Morgan fingerprint density at radius 2 is 1.62 bits per heavy atom. The SMILES string of the molecule is O=C(CN1C(=O)S/C(=C\c2ccc(Sc3ccc(Cl)cc3)s2)C1=O)Nc1ccc(Cl)cc1. The fourth-order valence-electron chi connectivity index (χ4n) is 2.73. The third-order valence-electron chi connectivity index (χ3n) is 4.21. The van der Waals surface area contributed by atoms with Crippen molar-refractivity contribution in [3.63, 3.8) is 0 Å². The molecular weight excluding hydrogens is 507 g/mol. The van der Waals surface area contributed by atoms with Gasteiger partial charge in [-0.15, -0.1) is 11.3 Å². The minimum absolute atomic E-state index is 0.291. The minimum atomic E-state index is -0.480. The van der Waals surface area contributed by atoms with Crippen LogP contribution < -0.4 is 5.32 Å². The summed E-state index contributed by atoms with van der Waals surface area (Å²) < 4.78 is 1.04. The number of nitrogens with one attached hydrogen (secondary N) is 1. The summed E-state index contributed by atoms with van der Waals surface area (Å²) in [7, 11) is 0. The van der Waals surface area contributed by atoms with Gasteiger partial charge >= 0.3 is 0 Å². The molecule has 4 rings (SSSR count). The number of anilines is 1. The molecular formula is C22H14Cl2N2O3S3. The molecule has 3 aromatic rings. The molecule has 0 radical (unpaired) electrons. The summed E-state index contributed by atoms with van der Waals surface area (Å²) in [5.74, 6) is -0.944. The van der Waals surface area contributed by atoms with Crippen LogP contribution in [0.2, 0.25) is 10.0 Å². The van der Waals surface area contributed by atoms with E-state index in [9.17, 15) is 14.4 Å². The second kappa shape index (κ2) is 10.1. The average molecular weight is 521 g/mol. The maximum atomic E-state index is 12.7. The van der Waals surface area contributed by atoms with Gasteiger partial charge in [0.15, 0.2) is 0 Å². The number of halogens is 2. The van der Waals surface area contributed by atoms with E-state index < -0.39 is 17.1 Å². The molecule has 2 aromatic carbocycles. The van der Waals surface area contributed by atoms with Gasteiger partial charge in [-0.1, -0.05) is 35.0 Å². The average Bonchev–Trinajstić information content (AvgIpc) is 3.31. The van der Waals surface area contributed by atoms with Crippen LogP contribution in [0, 0.1) is 0 Å². The second-order valence-corrected chi connectivity index (χ2v) is 10.9. The molecule has 3 amide bonds. The highest BCUT2D eigenvalue weighted by Crippen LogP contribution is 2.37. The van der Waals surface area contributed by atoms with Gasteiger partial charge < -0.3 is 5.32 Å². The lowest BCUT2D eigenvalue weighted by atomic mass is 10.3. The Morgan fingerprint density at radius 3 is 2.31 bits per heavy atom. The molecule has 1 aliphatic heterocycles. The van der Waals surface area contributed by atoms with E-state index in [-0.39, 0.29) is 6.54 Å². The van der Waals surface area contributed by atoms with E-state index in [0.29, 0.717) is 20.6 Å². The van der Waals surface area contributed by atoms with E-state index in [1.54, 1.807) is 42.1 Å². The van der Waals surface area contributed by atoms with Gasteiger partial charge in [0, 0.05) is 25.5 Å². The maximum absolute atomic E-state index is 12.7. The van der Waals surface area contributed by atoms with Gasteiger partial charge in [0.05, 0.1) is 9.11 Å². The Hall–Kier alpha value is -2.23. The Balaban J connectivity index is 1.39. The van der Waals surface area contributed by atoms with Crippen LogP contribution in [0.3, 0.4) is 0 Å². The van der Waals surface area contributed by atoms with Crippen molar-refractivity contribution in [2.45, 2.75) is 9.10 Å². The van der Waals surface area contributed by atoms with Gasteiger partial charge in [-0.25, -0.2) is 0 Å². The van der Waals surface area contributed by atoms with Crippen LogP contribution in [-0.2, 0) is 9.59 Å². The largest absolute Gasteiger partial charge is 0.325 e. The number of nitrogens with zero attached hydrogens (tertiary/aromatic N) is 1. The number of thioether (sulfide) groups is 1. The van der Waals surface area contributed by atoms with Crippen molar-refractivity contribution in [2.75, 3.05) is 11.9 Å². The lowest BCUT2D eigenvalue weighted by Crippen LogP contribution is -2.36. The maximum Gasteiger partial charge on any atom is 0.294 e. The van der Waals surface area contributed by atoms with E-state index in [1.807, 2.05) is 36.4 Å². The summed E-state index contributed by atoms with van der Waals surface area (Å²) in [6, 6.07) is 18.0. The van der Waals surface area contributed by atoms with E-state index in [0.717, 1.165) is 30.6 Å². The Bertz CT molecular complexity index is 1210. The number of amides is 3. The first-order valence-electron chi connectivity index (χ1n) is 9.21. The zero-order valence-electron chi connectivity index (χ0n) is 16.2. The Morgan fingerprint density at radius 1 is 0.969 bits per heavy atom. The zero-order chi connectivity index (χ0) is 22.7. The van der Waals surface area contributed by atoms with Crippen LogP contribution in [0.5, 0.6) is 0 Å². The van der Waals surface area contributed by atoms with Crippen molar-refractivity contribution in [1.29, 1.82) is 0 Å². The van der Waals surface area contributed by atoms with Crippen molar-refractivity contribution < 1.29 is 14.4 Å². The third-order valence-corrected chi connectivity index (χ3v) is 7.79. The Kier molecular flexibility index (Phi) is 7.27. The van der Waals surface area contributed by atoms with Gasteiger partial charge in [-0.05, 0) is 78.5 Å². The van der Waals surface area contributed by atoms with E-state index in [2.05, 4.69) is 5.32 Å². The van der Waals surface area contributed by atoms with E-state index in [1.165, 1.54) is 11.3 Å². The molecule has 1 N–H and O–H groups in total. The summed E-state index contributed by atoms with van der Waals surface area (Å²) in [5.41, 5.74) is 0.534. The lowest BCUT2D eigenvalue weighted by molar-refractivity contribution is -0.127. The van der Waals surface area contributed by atoms with Crippen molar-refractivity contribution >= 4 is 86.9 Å². The number of hydrogen-bond donors (Lipinski definition) is 1. The quantitative estimate of drug-likeness (QED) is 0.358. The first-order valence-corrected chi connectivity index (χ1v) is 12.4. The predicted molar refractivity (Wildman–Crippen MR) is 133 cm³/mol. The normalized spacial score (nSPS) is 14.9. The molecule has 1 saturated heterocycles. The van der Waals surface area contributed by atoms with Crippen LogP contribution >= 0.6 is 58.1 Å². The number of thiophene rings is 1. The highest BCUT2D eigenvalue weighted by atomic mass is 35.5. The molecule has 1 aromatic heterocycles. The van der Waals surface area contributed by atoms with Crippen LogP contribution in [0.15, 0.2) is 74.7 Å². The molecule has 0 aliphatic carbocycles. The van der Waals surface area contributed by atoms with E-state index >= 15 is 0 Å². The first-order chi connectivity index (χ1) is 15.4. The fourth-order valence-corrected chi connectivity index (χ4v) is 5.95. The monoisotopic (exact) mass is 520 g/mol. The van der Waals surface area contributed by atoms with Crippen LogP contribution in [0.4, 0.5) is 10.5 Å². The highest BCUT2D eigenvalue weighted by molar-refractivity contribution is 8.18. The fraction of sp³-hybridized carbons (Fsp3) is 0.0455. The van der Waals surface area contributed by atoms with Crippen molar-refractivity contribution in [3.8, 4) is 0 Å². The molecule has 0 spiro atoms. The van der Waals surface area contributed by atoms with Crippen LogP contribution in [0.1, 0.15) is 4.88 Å². The predicted octanol–water partition coefficient (Wildman–Crippen LogP) is 6.88. The number of benzene rings is 2. The highest BCUT2D eigenvalue weighted by Gasteiger charge is 2.36. The molecule has 162 valence electrons. The van der Waals surface area contributed by atoms with Gasteiger partial charge in [0.1, 0.15) is 6.54 Å². The molecule has 0 bridgehead atoms. The molecule has 1 fully saturated rings. The molecule has 0 saturated carbocycles. The Labute approximate surface area is 206 Å². The summed E-state index contributed by atoms with van der Waals surface area (Å²) in [4.78, 5) is 40.4. The molecule has 5 nitrogen and oxygen atoms in total. The summed E-state index contributed by atoms with van der Waals surface area (Å²) >= 11 is 15.7. The number of hydrogen-bond acceptors (Lipinski definition) is 6. The summed E-state index contributed by atoms with van der Waals surface area (Å²) in [6.45, 7) is -0.354. The molecule has 10 heteroatoms. The van der Waals surface area contributed by atoms with Gasteiger partial charge in [0.25, 0.3) is 11.1 Å². The van der Waals surface area contributed by atoms with Gasteiger partial charge in [-0.2, -0.15) is 0 Å². The van der Waals surface area contributed by atoms with Crippen LogP contribution in [0.25, 0.3) is 6.08 Å². The van der Waals surface area contributed by atoms with Crippen LogP contribution in [-0.4, -0.2) is 28.5 Å². The van der Waals surface area contributed by atoms with Crippen molar-refractivity contribution in [3.05, 3.63) is 80.5 Å². The smallest absolute Gasteiger partial charge is 0.294 e. The van der Waals surface area contributed by atoms with Crippen molar-refractivity contribution in [1.82, 2.24) is 4.90 Å². The summed E-state index contributed by atoms with van der Waals surface area (Å²) in [5, 5.41) is 3.40. The second-order valence-electron chi connectivity index (χ2n) is 6.54.